The van der Waals surface area contributed by atoms with E-state index in [1.807, 2.05) is 6.07 Å². The molecule has 0 atom stereocenters. The van der Waals surface area contributed by atoms with Crippen molar-refractivity contribution >= 4 is 5.91 Å². The van der Waals surface area contributed by atoms with Crippen LogP contribution in [0.5, 0.6) is 0 Å². The summed E-state index contributed by atoms with van der Waals surface area (Å²) >= 11 is 0. The standard InChI is InChI=1S/C10H12N4O/c1-13(2)10(15)4-3-5-14-8-9(6-11)7-12-14/h3-4,7-8H,5H2,1-2H3. The van der Waals surface area contributed by atoms with E-state index >= 15 is 0 Å². The number of rotatable bonds is 3. The molecule has 0 radical (unpaired) electrons. The van der Waals surface area contributed by atoms with Crippen molar-refractivity contribution in [2.45, 2.75) is 6.54 Å². The molecule has 0 aliphatic rings. The summed E-state index contributed by atoms with van der Waals surface area (Å²) in [6.45, 7) is 0.487. The monoisotopic (exact) mass is 204 g/mol. The molecule has 1 heterocycles. The summed E-state index contributed by atoms with van der Waals surface area (Å²) in [4.78, 5) is 12.6. The molecule has 1 amide bonds. The van der Waals surface area contributed by atoms with Crippen molar-refractivity contribution in [3.05, 3.63) is 30.1 Å². The molecule has 5 heteroatoms. The maximum absolute atomic E-state index is 11.2. The predicted molar refractivity (Wildman–Crippen MR) is 54.8 cm³/mol. The van der Waals surface area contributed by atoms with Crippen molar-refractivity contribution in [3.63, 3.8) is 0 Å². The molecule has 0 aliphatic heterocycles. The Balaban J connectivity index is 2.51. The topological polar surface area (TPSA) is 61.9 Å². The van der Waals surface area contributed by atoms with E-state index in [4.69, 9.17) is 5.26 Å². The second-order valence-corrected chi connectivity index (χ2v) is 3.20. The van der Waals surface area contributed by atoms with Gasteiger partial charge in [-0.1, -0.05) is 6.08 Å². The maximum Gasteiger partial charge on any atom is 0.245 e. The zero-order valence-corrected chi connectivity index (χ0v) is 8.71. The molecule has 0 saturated heterocycles. The van der Waals surface area contributed by atoms with Crippen molar-refractivity contribution in [1.82, 2.24) is 14.7 Å². The minimum atomic E-state index is -0.0670. The Morgan fingerprint density at radius 3 is 3.00 bits per heavy atom. The average molecular weight is 204 g/mol. The molecule has 0 spiro atoms. The molecule has 0 N–H and O–H groups in total. The Hall–Kier alpha value is -2.09. The normalized spacial score (nSPS) is 10.2. The van der Waals surface area contributed by atoms with Crippen molar-refractivity contribution < 1.29 is 4.79 Å². The second kappa shape index (κ2) is 4.96. The van der Waals surface area contributed by atoms with Gasteiger partial charge in [0.25, 0.3) is 0 Å². The maximum atomic E-state index is 11.2. The van der Waals surface area contributed by atoms with E-state index in [1.54, 1.807) is 31.1 Å². The van der Waals surface area contributed by atoms with Gasteiger partial charge in [0.15, 0.2) is 0 Å². The number of amides is 1. The lowest BCUT2D eigenvalue weighted by molar-refractivity contribution is -0.123. The first kappa shape index (κ1) is 11.0. The molecule has 0 saturated carbocycles. The number of hydrogen-bond donors (Lipinski definition) is 0. The van der Waals surface area contributed by atoms with Crippen LogP contribution < -0.4 is 0 Å². The highest BCUT2D eigenvalue weighted by atomic mass is 16.2. The number of aromatic nitrogens is 2. The largest absolute Gasteiger partial charge is 0.345 e. The van der Waals surface area contributed by atoms with E-state index < -0.39 is 0 Å². The van der Waals surface area contributed by atoms with E-state index in [1.165, 1.54) is 17.2 Å². The highest BCUT2D eigenvalue weighted by Gasteiger charge is 1.97. The fourth-order valence-electron chi connectivity index (χ4n) is 0.932. The van der Waals surface area contributed by atoms with Gasteiger partial charge < -0.3 is 4.90 Å². The van der Waals surface area contributed by atoms with Crippen LogP contribution in [0.15, 0.2) is 24.5 Å². The van der Waals surface area contributed by atoms with Gasteiger partial charge in [-0.25, -0.2) is 0 Å². The zero-order valence-electron chi connectivity index (χ0n) is 8.71. The molecular formula is C10H12N4O. The SMILES string of the molecule is CN(C)C(=O)C=CCn1cc(C#N)cn1. The van der Waals surface area contributed by atoms with Crippen molar-refractivity contribution in [2.24, 2.45) is 0 Å². The Bertz CT molecular complexity index is 411. The number of allylic oxidation sites excluding steroid dienone is 1. The third-order valence-electron chi connectivity index (χ3n) is 1.76. The van der Waals surface area contributed by atoms with Gasteiger partial charge >= 0.3 is 0 Å². The van der Waals surface area contributed by atoms with Crippen LogP contribution in [0.4, 0.5) is 0 Å². The zero-order chi connectivity index (χ0) is 11.3. The average Bonchev–Trinajstić information content (AvgIpc) is 2.65. The summed E-state index contributed by atoms with van der Waals surface area (Å²) in [6.07, 6.45) is 6.30. The lowest BCUT2D eigenvalue weighted by atomic mass is 10.4. The van der Waals surface area contributed by atoms with Crippen LogP contribution in [-0.4, -0.2) is 34.7 Å². The van der Waals surface area contributed by atoms with Gasteiger partial charge in [0.2, 0.25) is 5.91 Å². The van der Waals surface area contributed by atoms with Gasteiger partial charge in [-0.2, -0.15) is 10.4 Å². The van der Waals surface area contributed by atoms with Crippen LogP contribution in [0.2, 0.25) is 0 Å². The molecule has 78 valence electrons. The molecule has 1 aromatic heterocycles. The number of nitrogens with zero attached hydrogens (tertiary/aromatic N) is 4. The number of likely N-dealkylation sites (N-methyl/N-ethyl adjacent to an activating group) is 1. The fraction of sp³-hybridized carbons (Fsp3) is 0.300. The summed E-state index contributed by atoms with van der Waals surface area (Å²) in [5.41, 5.74) is 0.516. The minimum Gasteiger partial charge on any atom is -0.345 e. The Kier molecular flexibility index (Phi) is 3.63. The van der Waals surface area contributed by atoms with Crippen LogP contribution in [0.3, 0.4) is 0 Å². The summed E-state index contributed by atoms with van der Waals surface area (Å²) in [5, 5.41) is 12.5. The minimum absolute atomic E-state index is 0.0670. The van der Waals surface area contributed by atoms with Crippen molar-refractivity contribution in [1.29, 1.82) is 5.26 Å². The molecule has 5 nitrogen and oxygen atoms in total. The third-order valence-corrected chi connectivity index (χ3v) is 1.76. The first-order valence-electron chi connectivity index (χ1n) is 4.44. The molecule has 15 heavy (non-hydrogen) atoms. The number of carbonyl (C=O) groups excluding carboxylic acids is 1. The number of hydrogen-bond acceptors (Lipinski definition) is 3. The third kappa shape index (κ3) is 3.27. The van der Waals surface area contributed by atoms with Gasteiger partial charge in [-0.3, -0.25) is 9.48 Å². The van der Waals surface area contributed by atoms with E-state index in [9.17, 15) is 4.79 Å². The Labute approximate surface area is 88.2 Å². The van der Waals surface area contributed by atoms with E-state index in [2.05, 4.69) is 5.10 Å². The summed E-state index contributed by atoms with van der Waals surface area (Å²) < 4.78 is 1.60. The van der Waals surface area contributed by atoms with E-state index in [0.29, 0.717) is 12.1 Å². The van der Waals surface area contributed by atoms with Gasteiger partial charge in [0.05, 0.1) is 18.3 Å². The molecule has 0 fully saturated rings. The van der Waals surface area contributed by atoms with Gasteiger partial charge in [0.1, 0.15) is 6.07 Å². The lowest BCUT2D eigenvalue weighted by Gasteiger charge is -2.04. The molecule has 0 unspecified atom stereocenters. The molecule has 0 aliphatic carbocycles. The summed E-state index contributed by atoms with van der Waals surface area (Å²) in [7, 11) is 3.38. The quantitative estimate of drug-likeness (QED) is 0.669. The van der Waals surface area contributed by atoms with E-state index in [0.717, 1.165) is 0 Å². The second-order valence-electron chi connectivity index (χ2n) is 3.20. The van der Waals surface area contributed by atoms with Gasteiger partial charge in [-0.15, -0.1) is 0 Å². The number of nitriles is 1. The van der Waals surface area contributed by atoms with E-state index in [-0.39, 0.29) is 5.91 Å². The van der Waals surface area contributed by atoms with Crippen LogP contribution in [0.1, 0.15) is 5.56 Å². The number of carbonyl (C=O) groups is 1. The highest BCUT2D eigenvalue weighted by Crippen LogP contribution is 1.95. The first-order valence-corrected chi connectivity index (χ1v) is 4.44. The first-order chi connectivity index (χ1) is 7.13. The Morgan fingerprint density at radius 2 is 2.47 bits per heavy atom. The Morgan fingerprint density at radius 1 is 1.73 bits per heavy atom. The molecule has 0 aromatic carbocycles. The van der Waals surface area contributed by atoms with Crippen molar-refractivity contribution in [2.75, 3.05) is 14.1 Å². The summed E-state index contributed by atoms with van der Waals surface area (Å²) in [5.74, 6) is -0.0670. The van der Waals surface area contributed by atoms with Crippen LogP contribution >= 0.6 is 0 Å². The smallest absolute Gasteiger partial charge is 0.245 e. The van der Waals surface area contributed by atoms with Gasteiger partial charge in [0, 0.05) is 26.4 Å². The fourth-order valence-corrected chi connectivity index (χ4v) is 0.932. The van der Waals surface area contributed by atoms with Gasteiger partial charge in [-0.05, 0) is 0 Å². The molecular weight excluding hydrogens is 192 g/mol. The molecule has 1 rings (SSSR count). The predicted octanol–water partition coefficient (Wildman–Crippen LogP) is 0.399. The van der Waals surface area contributed by atoms with Crippen LogP contribution in [0.25, 0.3) is 0 Å². The highest BCUT2D eigenvalue weighted by molar-refractivity contribution is 5.86. The molecule has 0 bridgehead atoms. The van der Waals surface area contributed by atoms with Crippen LogP contribution in [0, 0.1) is 11.3 Å². The molecule has 1 aromatic rings. The van der Waals surface area contributed by atoms with Crippen molar-refractivity contribution in [3.8, 4) is 6.07 Å². The lowest BCUT2D eigenvalue weighted by Crippen LogP contribution is -2.18. The summed E-state index contributed by atoms with van der Waals surface area (Å²) in [6, 6.07) is 1.98. The van der Waals surface area contributed by atoms with Crippen LogP contribution in [-0.2, 0) is 11.3 Å².